The van der Waals surface area contributed by atoms with Crippen LogP contribution in [0, 0.1) is 0 Å². The Morgan fingerprint density at radius 2 is 1.48 bits per heavy atom. The molecule has 0 aliphatic carbocycles. The zero-order chi connectivity index (χ0) is 14.5. The number of methoxy groups -OCH3 is 1. The summed E-state index contributed by atoms with van der Waals surface area (Å²) < 4.78 is 4.46. The molecule has 0 saturated carbocycles. The van der Waals surface area contributed by atoms with E-state index in [1.807, 2.05) is 42.5 Å². The third kappa shape index (κ3) is 3.90. The molecule has 5 heteroatoms. The lowest BCUT2D eigenvalue weighted by atomic mass is 10.00. The van der Waals surface area contributed by atoms with Crippen LogP contribution in [0.3, 0.4) is 0 Å². The summed E-state index contributed by atoms with van der Waals surface area (Å²) in [5, 5.41) is 0. The highest BCUT2D eigenvalue weighted by molar-refractivity contribution is 6.11. The predicted molar refractivity (Wildman–Crippen MR) is 83.4 cm³/mol. The molecule has 4 nitrogen and oxygen atoms in total. The molecule has 110 valence electrons. The Bertz CT molecular complexity index is 611. The molecule has 21 heavy (non-hydrogen) atoms. The third-order valence-electron chi connectivity index (χ3n) is 3.01. The normalized spacial score (nSPS) is 11.1. The molecule has 0 fully saturated rings. The Morgan fingerprint density at radius 1 is 0.952 bits per heavy atom. The summed E-state index contributed by atoms with van der Waals surface area (Å²) in [6, 6.07) is 15.5. The van der Waals surface area contributed by atoms with Crippen LogP contribution in [0.4, 0.5) is 0 Å². The monoisotopic (exact) mass is 305 g/mol. The molecule has 2 aromatic rings. The number of ketones is 1. The van der Waals surface area contributed by atoms with Crippen molar-refractivity contribution in [3.63, 3.8) is 0 Å². The Labute approximate surface area is 129 Å². The first-order valence-electron chi connectivity index (χ1n) is 6.16. The number of benzene rings is 2. The predicted octanol–water partition coefficient (Wildman–Crippen LogP) is 2.46. The number of hydrogen-bond donors (Lipinski definition) is 1. The molecule has 0 saturated heterocycles. The van der Waals surface area contributed by atoms with Crippen LogP contribution in [0.5, 0.6) is 0 Å². The smallest absolute Gasteiger partial charge is 0.330 e. The first-order valence-corrected chi connectivity index (χ1v) is 6.16. The average molecular weight is 306 g/mol. The molecule has 0 aliphatic heterocycles. The van der Waals surface area contributed by atoms with Crippen LogP contribution in [0.2, 0.25) is 0 Å². The van der Waals surface area contributed by atoms with Gasteiger partial charge in [-0.15, -0.1) is 12.4 Å². The van der Waals surface area contributed by atoms with Gasteiger partial charge in [0.15, 0.2) is 11.8 Å². The van der Waals surface area contributed by atoms with Crippen molar-refractivity contribution in [2.75, 3.05) is 7.11 Å². The van der Waals surface area contributed by atoms with Crippen molar-refractivity contribution in [3.8, 4) is 11.1 Å². The van der Waals surface area contributed by atoms with Gasteiger partial charge in [0.05, 0.1) is 7.11 Å². The minimum absolute atomic E-state index is 0. The summed E-state index contributed by atoms with van der Waals surface area (Å²) in [6.45, 7) is 0. The number of nitrogens with two attached hydrogens (primary N) is 1. The van der Waals surface area contributed by atoms with E-state index < -0.39 is 17.8 Å². The highest BCUT2D eigenvalue weighted by atomic mass is 35.5. The summed E-state index contributed by atoms with van der Waals surface area (Å²) in [4.78, 5) is 23.2. The van der Waals surface area contributed by atoms with Crippen LogP contribution in [0.1, 0.15) is 10.4 Å². The van der Waals surface area contributed by atoms with Gasteiger partial charge in [0.2, 0.25) is 0 Å². The van der Waals surface area contributed by atoms with Crippen molar-refractivity contribution in [2.45, 2.75) is 6.04 Å². The number of hydrogen-bond acceptors (Lipinski definition) is 4. The average Bonchev–Trinajstić information content (AvgIpc) is 2.53. The van der Waals surface area contributed by atoms with Gasteiger partial charge in [-0.3, -0.25) is 4.79 Å². The molecule has 1 atom stereocenters. The minimum Gasteiger partial charge on any atom is -0.468 e. The van der Waals surface area contributed by atoms with E-state index in [-0.39, 0.29) is 12.4 Å². The molecule has 2 N–H and O–H groups in total. The van der Waals surface area contributed by atoms with Crippen molar-refractivity contribution in [1.82, 2.24) is 0 Å². The Balaban J connectivity index is 0.00000220. The van der Waals surface area contributed by atoms with E-state index in [9.17, 15) is 9.59 Å². The fourth-order valence-electron chi connectivity index (χ4n) is 1.87. The van der Waals surface area contributed by atoms with Crippen molar-refractivity contribution in [3.05, 3.63) is 60.2 Å². The van der Waals surface area contributed by atoms with E-state index in [1.54, 1.807) is 12.1 Å². The Kier molecular flexibility index (Phi) is 6.09. The van der Waals surface area contributed by atoms with Crippen LogP contribution < -0.4 is 5.73 Å². The molecular formula is C16H16ClNO3. The molecule has 0 spiro atoms. The number of esters is 1. The van der Waals surface area contributed by atoms with E-state index in [1.165, 1.54) is 7.11 Å². The molecule has 0 aromatic heterocycles. The molecule has 2 aromatic carbocycles. The van der Waals surface area contributed by atoms with Crippen molar-refractivity contribution in [1.29, 1.82) is 0 Å². The fraction of sp³-hybridized carbons (Fsp3) is 0.125. The molecule has 0 radical (unpaired) electrons. The van der Waals surface area contributed by atoms with Gasteiger partial charge in [0.1, 0.15) is 0 Å². The first kappa shape index (κ1) is 16.9. The van der Waals surface area contributed by atoms with E-state index in [2.05, 4.69) is 4.74 Å². The maximum Gasteiger partial charge on any atom is 0.330 e. The zero-order valence-corrected chi connectivity index (χ0v) is 12.3. The second-order valence-electron chi connectivity index (χ2n) is 4.31. The van der Waals surface area contributed by atoms with E-state index >= 15 is 0 Å². The Hall–Kier alpha value is -2.17. The van der Waals surface area contributed by atoms with Gasteiger partial charge in [0, 0.05) is 5.56 Å². The van der Waals surface area contributed by atoms with Crippen LogP contribution >= 0.6 is 12.4 Å². The molecule has 2 rings (SSSR count). The summed E-state index contributed by atoms with van der Waals surface area (Å²) in [5.74, 6) is -1.18. The summed E-state index contributed by atoms with van der Waals surface area (Å²) in [7, 11) is 1.20. The van der Waals surface area contributed by atoms with Gasteiger partial charge in [0.25, 0.3) is 0 Å². The largest absolute Gasteiger partial charge is 0.468 e. The minimum atomic E-state index is -1.28. The van der Waals surface area contributed by atoms with Gasteiger partial charge in [-0.25, -0.2) is 4.79 Å². The van der Waals surface area contributed by atoms with E-state index in [0.29, 0.717) is 5.56 Å². The number of carbonyl (C=O) groups excluding carboxylic acids is 2. The third-order valence-corrected chi connectivity index (χ3v) is 3.01. The maximum absolute atomic E-state index is 12.0. The lowest BCUT2D eigenvalue weighted by Crippen LogP contribution is -2.39. The van der Waals surface area contributed by atoms with Crippen molar-refractivity contribution >= 4 is 24.2 Å². The Morgan fingerprint density at radius 3 is 2.00 bits per heavy atom. The van der Waals surface area contributed by atoms with E-state index in [0.717, 1.165) is 11.1 Å². The van der Waals surface area contributed by atoms with Gasteiger partial charge < -0.3 is 10.5 Å². The van der Waals surface area contributed by atoms with Crippen LogP contribution in [0.15, 0.2) is 54.6 Å². The quantitative estimate of drug-likeness (QED) is 0.535. The number of halogens is 1. The summed E-state index contributed by atoms with van der Waals surface area (Å²) >= 11 is 0. The highest BCUT2D eigenvalue weighted by Crippen LogP contribution is 2.19. The van der Waals surface area contributed by atoms with Gasteiger partial charge >= 0.3 is 5.97 Å². The topological polar surface area (TPSA) is 69.4 Å². The molecule has 0 aliphatic rings. The van der Waals surface area contributed by atoms with Gasteiger partial charge in [-0.1, -0.05) is 54.6 Å². The van der Waals surface area contributed by atoms with Gasteiger partial charge in [-0.2, -0.15) is 0 Å². The first-order chi connectivity index (χ1) is 9.63. The number of carbonyl (C=O) groups is 2. The van der Waals surface area contributed by atoms with Crippen LogP contribution in [-0.4, -0.2) is 24.9 Å². The molecular weight excluding hydrogens is 290 g/mol. The highest BCUT2D eigenvalue weighted by Gasteiger charge is 2.23. The van der Waals surface area contributed by atoms with E-state index in [4.69, 9.17) is 5.73 Å². The summed E-state index contributed by atoms with van der Waals surface area (Å²) in [5.41, 5.74) is 7.97. The maximum atomic E-state index is 12.0. The van der Waals surface area contributed by atoms with Crippen molar-refractivity contribution < 1.29 is 14.3 Å². The number of ether oxygens (including phenoxy) is 1. The van der Waals surface area contributed by atoms with Gasteiger partial charge in [-0.05, 0) is 11.1 Å². The zero-order valence-electron chi connectivity index (χ0n) is 11.5. The second-order valence-corrected chi connectivity index (χ2v) is 4.31. The molecule has 0 bridgehead atoms. The SMILES string of the molecule is COC(=O)C(N)C(=O)c1ccc(-c2ccccc2)cc1.Cl. The molecule has 0 amide bonds. The van der Waals surface area contributed by atoms with Crippen LogP contribution in [0.25, 0.3) is 11.1 Å². The number of rotatable bonds is 4. The lowest BCUT2D eigenvalue weighted by Gasteiger charge is -2.09. The molecule has 1 unspecified atom stereocenters. The standard InChI is InChI=1S/C16H15NO3.ClH/c1-20-16(19)14(17)15(18)13-9-7-12(8-10-13)11-5-3-2-4-6-11;/h2-10,14H,17H2,1H3;1H. The number of Topliss-reactive ketones (excluding diaryl/α,β-unsaturated/α-hetero) is 1. The van der Waals surface area contributed by atoms with Crippen molar-refractivity contribution in [2.24, 2.45) is 5.73 Å². The fourth-order valence-corrected chi connectivity index (χ4v) is 1.87. The molecule has 0 heterocycles. The van der Waals surface area contributed by atoms with Crippen LogP contribution in [-0.2, 0) is 9.53 Å². The lowest BCUT2D eigenvalue weighted by molar-refractivity contribution is -0.140. The second kappa shape index (κ2) is 7.57. The summed E-state index contributed by atoms with van der Waals surface area (Å²) in [6.07, 6.45) is 0.